The molecule has 2 amide bonds. The standard InChI is InChI=1S/C26H28N2O5S/c1-18(2)28(26(30)20-7-9-21(31-3)10-8-20)16-25(29)27(15-22-5-4-12-34-22)14-19-6-11-23-24(13-19)33-17-32-23/h4-13,18H,14-17H2,1-3H3. The second-order valence-electron chi connectivity index (χ2n) is 8.27. The normalized spacial score (nSPS) is 12.0. The summed E-state index contributed by atoms with van der Waals surface area (Å²) >= 11 is 1.60. The number of hydrogen-bond donors (Lipinski definition) is 0. The number of carbonyl (C=O) groups excluding carboxylic acids is 2. The largest absolute Gasteiger partial charge is 0.497 e. The van der Waals surface area contributed by atoms with E-state index in [0.29, 0.717) is 35.9 Å². The molecule has 34 heavy (non-hydrogen) atoms. The van der Waals surface area contributed by atoms with Crippen LogP contribution in [0.5, 0.6) is 17.2 Å². The van der Waals surface area contributed by atoms with Crippen molar-refractivity contribution in [1.82, 2.24) is 9.80 Å². The lowest BCUT2D eigenvalue weighted by atomic mass is 10.1. The molecule has 7 nitrogen and oxygen atoms in total. The highest BCUT2D eigenvalue weighted by Crippen LogP contribution is 2.33. The molecule has 0 spiro atoms. The van der Waals surface area contributed by atoms with Crippen molar-refractivity contribution in [2.24, 2.45) is 0 Å². The Kier molecular flexibility index (Phi) is 7.37. The van der Waals surface area contributed by atoms with Crippen LogP contribution in [0.3, 0.4) is 0 Å². The van der Waals surface area contributed by atoms with Gasteiger partial charge in [0.15, 0.2) is 11.5 Å². The molecule has 0 saturated heterocycles. The number of rotatable bonds is 9. The number of carbonyl (C=O) groups is 2. The summed E-state index contributed by atoms with van der Waals surface area (Å²) in [6.45, 7) is 4.88. The van der Waals surface area contributed by atoms with Gasteiger partial charge in [-0.25, -0.2) is 0 Å². The molecule has 2 heterocycles. The molecule has 1 aliphatic rings. The summed E-state index contributed by atoms with van der Waals surface area (Å²) in [7, 11) is 1.58. The minimum Gasteiger partial charge on any atom is -0.497 e. The fourth-order valence-corrected chi connectivity index (χ4v) is 4.44. The molecule has 178 valence electrons. The SMILES string of the molecule is COc1ccc(C(=O)N(CC(=O)N(Cc2ccc3c(c2)OCO3)Cc2cccs2)C(C)C)cc1. The van der Waals surface area contributed by atoms with E-state index in [2.05, 4.69) is 0 Å². The van der Waals surface area contributed by atoms with Gasteiger partial charge in [-0.1, -0.05) is 12.1 Å². The third-order valence-electron chi connectivity index (χ3n) is 5.62. The molecule has 0 atom stereocenters. The van der Waals surface area contributed by atoms with Crippen LogP contribution in [0.25, 0.3) is 0 Å². The van der Waals surface area contributed by atoms with Crippen LogP contribution < -0.4 is 14.2 Å². The first-order valence-electron chi connectivity index (χ1n) is 11.1. The van der Waals surface area contributed by atoms with E-state index in [1.807, 2.05) is 49.6 Å². The van der Waals surface area contributed by atoms with Gasteiger partial charge in [-0.15, -0.1) is 11.3 Å². The van der Waals surface area contributed by atoms with Gasteiger partial charge >= 0.3 is 0 Å². The summed E-state index contributed by atoms with van der Waals surface area (Å²) in [6, 6.07) is 16.5. The first-order chi connectivity index (χ1) is 16.4. The Bertz CT molecular complexity index is 1130. The zero-order chi connectivity index (χ0) is 24.1. The molecule has 3 aromatic rings. The van der Waals surface area contributed by atoms with E-state index >= 15 is 0 Å². The van der Waals surface area contributed by atoms with Crippen LogP contribution in [0.15, 0.2) is 60.0 Å². The minimum atomic E-state index is -0.190. The molecule has 0 radical (unpaired) electrons. The van der Waals surface area contributed by atoms with Gasteiger partial charge < -0.3 is 24.0 Å². The Morgan fingerprint density at radius 2 is 1.79 bits per heavy atom. The molecule has 0 unspecified atom stereocenters. The van der Waals surface area contributed by atoms with Crippen molar-refractivity contribution in [3.8, 4) is 17.2 Å². The van der Waals surface area contributed by atoms with Gasteiger partial charge in [0.25, 0.3) is 5.91 Å². The fraction of sp³-hybridized carbons (Fsp3) is 0.308. The molecule has 1 aliphatic heterocycles. The van der Waals surface area contributed by atoms with Crippen LogP contribution in [0.4, 0.5) is 0 Å². The zero-order valence-electron chi connectivity index (χ0n) is 19.5. The van der Waals surface area contributed by atoms with Crippen LogP contribution in [0.1, 0.15) is 34.6 Å². The van der Waals surface area contributed by atoms with Crippen molar-refractivity contribution in [2.75, 3.05) is 20.4 Å². The maximum absolute atomic E-state index is 13.5. The second kappa shape index (κ2) is 10.6. The average Bonchev–Trinajstić information content (AvgIpc) is 3.53. The first kappa shape index (κ1) is 23.6. The average molecular weight is 481 g/mol. The maximum atomic E-state index is 13.5. The molecule has 1 aromatic heterocycles. The Balaban J connectivity index is 1.53. The van der Waals surface area contributed by atoms with Crippen molar-refractivity contribution < 1.29 is 23.8 Å². The van der Waals surface area contributed by atoms with E-state index in [1.54, 1.807) is 52.5 Å². The fourth-order valence-electron chi connectivity index (χ4n) is 3.72. The number of methoxy groups -OCH3 is 1. The maximum Gasteiger partial charge on any atom is 0.254 e. The Hall–Kier alpha value is -3.52. The summed E-state index contributed by atoms with van der Waals surface area (Å²) in [5.74, 6) is 1.75. The van der Waals surface area contributed by atoms with Gasteiger partial charge in [0.1, 0.15) is 12.3 Å². The monoisotopic (exact) mass is 480 g/mol. The van der Waals surface area contributed by atoms with E-state index in [1.165, 1.54) is 0 Å². The highest BCUT2D eigenvalue weighted by atomic mass is 32.1. The number of amides is 2. The summed E-state index contributed by atoms with van der Waals surface area (Å²) in [5, 5.41) is 1.99. The van der Waals surface area contributed by atoms with Crippen LogP contribution in [0, 0.1) is 0 Å². The molecular formula is C26H28N2O5S. The molecule has 0 bridgehead atoms. The van der Waals surface area contributed by atoms with Crippen LogP contribution in [-0.2, 0) is 17.9 Å². The number of fused-ring (bicyclic) bond motifs is 1. The lowest BCUT2D eigenvalue weighted by Gasteiger charge is -2.30. The van der Waals surface area contributed by atoms with Crippen LogP contribution in [0.2, 0.25) is 0 Å². The van der Waals surface area contributed by atoms with Gasteiger partial charge in [-0.3, -0.25) is 9.59 Å². The number of benzene rings is 2. The molecule has 0 aliphatic carbocycles. The van der Waals surface area contributed by atoms with Gasteiger partial charge in [-0.05, 0) is 67.3 Å². The highest BCUT2D eigenvalue weighted by molar-refractivity contribution is 7.09. The Morgan fingerprint density at radius 3 is 2.47 bits per heavy atom. The van der Waals surface area contributed by atoms with Gasteiger partial charge in [0.05, 0.1) is 13.7 Å². The van der Waals surface area contributed by atoms with Crippen molar-refractivity contribution in [1.29, 1.82) is 0 Å². The van der Waals surface area contributed by atoms with Crippen LogP contribution in [-0.4, -0.2) is 48.1 Å². The van der Waals surface area contributed by atoms with E-state index in [9.17, 15) is 9.59 Å². The highest BCUT2D eigenvalue weighted by Gasteiger charge is 2.25. The van der Waals surface area contributed by atoms with Crippen molar-refractivity contribution in [3.05, 3.63) is 76.0 Å². The van der Waals surface area contributed by atoms with Gasteiger partial charge in [0, 0.05) is 23.0 Å². The Labute approximate surface area is 203 Å². The third kappa shape index (κ3) is 5.51. The number of ether oxygens (including phenoxy) is 3. The summed E-state index contributed by atoms with van der Waals surface area (Å²) in [6.07, 6.45) is 0. The minimum absolute atomic E-state index is 0.0154. The van der Waals surface area contributed by atoms with E-state index in [-0.39, 0.29) is 31.2 Å². The number of nitrogens with zero attached hydrogens (tertiary/aromatic N) is 2. The smallest absolute Gasteiger partial charge is 0.254 e. The predicted molar refractivity (Wildman–Crippen MR) is 130 cm³/mol. The second-order valence-corrected chi connectivity index (χ2v) is 9.30. The topological polar surface area (TPSA) is 68.3 Å². The molecule has 0 fully saturated rings. The first-order valence-corrected chi connectivity index (χ1v) is 12.0. The van der Waals surface area contributed by atoms with E-state index in [0.717, 1.165) is 10.4 Å². The molecule has 4 rings (SSSR count). The molecule has 0 N–H and O–H groups in total. The Morgan fingerprint density at radius 1 is 1.03 bits per heavy atom. The quantitative estimate of drug-likeness (QED) is 0.449. The summed E-state index contributed by atoms with van der Waals surface area (Å²) in [4.78, 5) is 31.2. The lowest BCUT2D eigenvalue weighted by Crippen LogP contribution is -2.45. The summed E-state index contributed by atoms with van der Waals surface area (Å²) in [5.41, 5.74) is 1.45. The zero-order valence-corrected chi connectivity index (χ0v) is 20.3. The number of hydrogen-bond acceptors (Lipinski definition) is 6. The van der Waals surface area contributed by atoms with Crippen molar-refractivity contribution in [3.63, 3.8) is 0 Å². The lowest BCUT2D eigenvalue weighted by molar-refractivity contribution is -0.133. The third-order valence-corrected chi connectivity index (χ3v) is 6.48. The number of thiophene rings is 1. The van der Waals surface area contributed by atoms with Crippen LogP contribution >= 0.6 is 11.3 Å². The van der Waals surface area contributed by atoms with E-state index in [4.69, 9.17) is 14.2 Å². The molecule has 8 heteroatoms. The summed E-state index contributed by atoms with van der Waals surface area (Å²) < 4.78 is 16.1. The predicted octanol–water partition coefficient (Wildman–Crippen LogP) is 4.57. The van der Waals surface area contributed by atoms with Crippen molar-refractivity contribution >= 4 is 23.2 Å². The van der Waals surface area contributed by atoms with Gasteiger partial charge in [0.2, 0.25) is 12.7 Å². The molecule has 0 saturated carbocycles. The van der Waals surface area contributed by atoms with Gasteiger partial charge in [-0.2, -0.15) is 0 Å². The molecule has 2 aromatic carbocycles. The van der Waals surface area contributed by atoms with E-state index < -0.39 is 0 Å². The van der Waals surface area contributed by atoms with Crippen molar-refractivity contribution in [2.45, 2.75) is 33.0 Å². The molecular weight excluding hydrogens is 452 g/mol.